The maximum Gasteiger partial charge on any atom is 0.338 e. The Morgan fingerprint density at radius 2 is 1.39 bits per heavy atom. The lowest BCUT2D eigenvalue weighted by atomic mass is 9.96. The Morgan fingerprint density at radius 1 is 0.763 bits per heavy atom. The second kappa shape index (κ2) is 12.9. The number of carbonyl (C=O) groups excluding carboxylic acids is 2. The number of carbonyl (C=O) groups is 2. The molecule has 0 spiro atoms. The maximum atomic E-state index is 15.2. The predicted octanol–water partition coefficient (Wildman–Crippen LogP) is 7.54. The Bertz CT molecular complexity index is 1370. The molecule has 0 aliphatic heterocycles. The van der Waals surface area contributed by atoms with E-state index in [4.69, 9.17) is 14.2 Å². The van der Waals surface area contributed by atoms with E-state index < -0.39 is 5.97 Å². The first-order valence-electron chi connectivity index (χ1n) is 12.4. The minimum Gasteiger partial charge on any atom is -0.494 e. The molecule has 0 saturated carbocycles. The molecule has 0 heterocycles. The zero-order chi connectivity index (χ0) is 27.8. The van der Waals surface area contributed by atoms with Crippen LogP contribution >= 0.6 is 0 Å². The van der Waals surface area contributed by atoms with Crippen LogP contribution in [0.4, 0.5) is 4.39 Å². The van der Waals surface area contributed by atoms with Gasteiger partial charge in [-0.25, -0.2) is 14.0 Å². The Morgan fingerprint density at radius 3 is 2.03 bits per heavy atom. The molecule has 0 aliphatic rings. The van der Waals surface area contributed by atoms with Gasteiger partial charge in [0.05, 0.1) is 13.2 Å². The lowest BCUT2D eigenvalue weighted by molar-refractivity contribution is -0.139. The molecule has 3 aromatic rings. The zero-order valence-corrected chi connectivity index (χ0v) is 22.4. The molecule has 3 aromatic carbocycles. The molecule has 38 heavy (non-hydrogen) atoms. The summed E-state index contributed by atoms with van der Waals surface area (Å²) in [5.41, 5.74) is 5.20. The molecule has 0 saturated heterocycles. The van der Waals surface area contributed by atoms with Crippen LogP contribution in [0.15, 0.2) is 78.9 Å². The highest BCUT2D eigenvalue weighted by Crippen LogP contribution is 2.33. The minimum atomic E-state index is -0.496. The number of rotatable bonds is 11. The summed E-state index contributed by atoms with van der Waals surface area (Å²) in [5, 5.41) is 0. The number of benzene rings is 3. The Labute approximate surface area is 223 Å². The summed E-state index contributed by atoms with van der Waals surface area (Å²) >= 11 is 0. The van der Waals surface area contributed by atoms with Gasteiger partial charge in [0.15, 0.2) is 0 Å². The average molecular weight is 517 g/mol. The fourth-order valence-electron chi connectivity index (χ4n) is 3.77. The van der Waals surface area contributed by atoms with Crippen molar-refractivity contribution in [2.75, 3.05) is 13.2 Å². The van der Waals surface area contributed by atoms with Gasteiger partial charge in [-0.2, -0.15) is 0 Å². The van der Waals surface area contributed by atoms with E-state index in [1.54, 1.807) is 38.1 Å². The van der Waals surface area contributed by atoms with Gasteiger partial charge in [-0.05, 0) is 98.7 Å². The molecule has 198 valence electrons. The molecule has 3 rings (SSSR count). The highest BCUT2D eigenvalue weighted by Gasteiger charge is 2.13. The third-order valence-electron chi connectivity index (χ3n) is 5.90. The molecule has 0 amide bonds. The highest BCUT2D eigenvalue weighted by molar-refractivity contribution is 5.89. The first-order valence-corrected chi connectivity index (χ1v) is 12.4. The van der Waals surface area contributed by atoms with E-state index in [9.17, 15) is 9.59 Å². The van der Waals surface area contributed by atoms with Gasteiger partial charge in [-0.1, -0.05) is 37.4 Å². The summed E-state index contributed by atoms with van der Waals surface area (Å²) in [6.07, 6.45) is 1.44. The monoisotopic (exact) mass is 516 g/mol. The SMILES string of the molecule is C=C(C)C(=O)OCCCCOc1ccc(-c2ccc(-c3ccc(OC(=O)C(=C)C)c(C)c3)c(F)c2)c(C)c1. The average Bonchev–Trinajstić information content (AvgIpc) is 2.87. The molecular weight excluding hydrogens is 483 g/mol. The van der Waals surface area contributed by atoms with Crippen LogP contribution in [0.2, 0.25) is 0 Å². The van der Waals surface area contributed by atoms with Gasteiger partial charge in [0.25, 0.3) is 0 Å². The van der Waals surface area contributed by atoms with Gasteiger partial charge >= 0.3 is 11.9 Å². The van der Waals surface area contributed by atoms with Crippen LogP contribution in [0.5, 0.6) is 11.5 Å². The van der Waals surface area contributed by atoms with E-state index in [-0.39, 0.29) is 11.8 Å². The Hall–Kier alpha value is -4.19. The topological polar surface area (TPSA) is 61.8 Å². The van der Waals surface area contributed by atoms with Gasteiger partial charge in [0.2, 0.25) is 0 Å². The molecule has 0 fully saturated rings. The number of unbranched alkanes of at least 4 members (excludes halogenated alkanes) is 1. The van der Waals surface area contributed by atoms with Crippen LogP contribution in [0.1, 0.15) is 37.8 Å². The van der Waals surface area contributed by atoms with Crippen LogP contribution in [-0.2, 0) is 14.3 Å². The molecule has 0 aliphatic carbocycles. The maximum absolute atomic E-state index is 15.2. The Balaban J connectivity index is 1.64. The van der Waals surface area contributed by atoms with Crippen molar-refractivity contribution in [1.29, 1.82) is 0 Å². The molecule has 0 bridgehead atoms. The van der Waals surface area contributed by atoms with Crippen molar-refractivity contribution in [3.05, 3.63) is 95.8 Å². The minimum absolute atomic E-state index is 0.309. The second-order valence-corrected chi connectivity index (χ2v) is 9.29. The summed E-state index contributed by atoms with van der Waals surface area (Å²) in [7, 11) is 0. The van der Waals surface area contributed by atoms with Crippen molar-refractivity contribution >= 4 is 11.9 Å². The first kappa shape index (κ1) is 28.4. The van der Waals surface area contributed by atoms with Crippen molar-refractivity contribution in [1.82, 2.24) is 0 Å². The van der Waals surface area contributed by atoms with Crippen molar-refractivity contribution in [2.45, 2.75) is 40.5 Å². The quantitative estimate of drug-likeness (QED) is 0.114. The third kappa shape index (κ3) is 7.42. The summed E-state index contributed by atoms with van der Waals surface area (Å²) in [6, 6.07) is 16.1. The molecule has 0 aromatic heterocycles. The van der Waals surface area contributed by atoms with Crippen LogP contribution in [-0.4, -0.2) is 25.2 Å². The number of aryl methyl sites for hydroxylation is 2. The zero-order valence-electron chi connectivity index (χ0n) is 22.4. The van der Waals surface area contributed by atoms with Gasteiger partial charge in [-0.3, -0.25) is 0 Å². The van der Waals surface area contributed by atoms with Crippen molar-refractivity contribution in [3.8, 4) is 33.8 Å². The lowest BCUT2D eigenvalue weighted by Crippen LogP contribution is -2.09. The number of ether oxygens (including phenoxy) is 3. The molecule has 0 radical (unpaired) electrons. The van der Waals surface area contributed by atoms with Crippen molar-refractivity contribution in [3.63, 3.8) is 0 Å². The first-order chi connectivity index (χ1) is 18.1. The standard InChI is InChI=1S/C32H33FO5/c1-20(2)31(34)37-16-8-7-15-36-26-11-13-27(22(5)18-26)25-9-12-28(29(33)19-25)24-10-14-30(23(6)17-24)38-32(35)21(3)4/h9-14,17-19H,1,3,7-8,15-16H2,2,4-6H3. The van der Waals surface area contributed by atoms with Crippen LogP contribution in [0, 0.1) is 19.7 Å². The van der Waals surface area contributed by atoms with Crippen LogP contribution < -0.4 is 9.47 Å². The molecule has 0 N–H and O–H groups in total. The van der Waals surface area contributed by atoms with Gasteiger partial charge in [-0.15, -0.1) is 0 Å². The number of halogens is 1. The van der Waals surface area contributed by atoms with E-state index in [0.29, 0.717) is 47.7 Å². The summed E-state index contributed by atoms with van der Waals surface area (Å²) in [4.78, 5) is 23.2. The molecule has 0 atom stereocenters. The predicted molar refractivity (Wildman–Crippen MR) is 148 cm³/mol. The smallest absolute Gasteiger partial charge is 0.338 e. The molecular formula is C32H33FO5. The van der Waals surface area contributed by atoms with Gasteiger partial charge in [0.1, 0.15) is 17.3 Å². The van der Waals surface area contributed by atoms with Crippen LogP contribution in [0.25, 0.3) is 22.3 Å². The highest BCUT2D eigenvalue weighted by atomic mass is 19.1. The molecule has 6 heteroatoms. The normalized spacial score (nSPS) is 10.6. The van der Waals surface area contributed by atoms with Crippen molar-refractivity contribution < 1.29 is 28.2 Å². The van der Waals surface area contributed by atoms with E-state index in [1.807, 2.05) is 38.1 Å². The summed E-state index contributed by atoms with van der Waals surface area (Å²) in [5.74, 6) is -0.0743. The fraction of sp³-hybridized carbons (Fsp3) is 0.250. The lowest BCUT2D eigenvalue weighted by Gasteiger charge is -2.13. The van der Waals surface area contributed by atoms with Crippen molar-refractivity contribution in [2.24, 2.45) is 0 Å². The fourth-order valence-corrected chi connectivity index (χ4v) is 3.77. The van der Waals surface area contributed by atoms with E-state index in [1.165, 1.54) is 6.07 Å². The molecule has 5 nitrogen and oxygen atoms in total. The van der Waals surface area contributed by atoms with E-state index in [0.717, 1.165) is 34.4 Å². The summed E-state index contributed by atoms with van der Waals surface area (Å²) < 4.78 is 31.4. The number of esters is 2. The van der Waals surface area contributed by atoms with Gasteiger partial charge < -0.3 is 14.2 Å². The molecule has 0 unspecified atom stereocenters. The number of hydrogen-bond donors (Lipinski definition) is 0. The van der Waals surface area contributed by atoms with E-state index in [2.05, 4.69) is 13.2 Å². The van der Waals surface area contributed by atoms with E-state index >= 15 is 4.39 Å². The summed E-state index contributed by atoms with van der Waals surface area (Å²) in [6.45, 7) is 14.9. The van der Waals surface area contributed by atoms with Gasteiger partial charge in [0, 0.05) is 16.7 Å². The Kier molecular flexibility index (Phi) is 9.61. The van der Waals surface area contributed by atoms with Crippen LogP contribution in [0.3, 0.4) is 0 Å². The second-order valence-electron chi connectivity index (χ2n) is 9.29. The number of hydrogen-bond acceptors (Lipinski definition) is 5. The third-order valence-corrected chi connectivity index (χ3v) is 5.90. The largest absolute Gasteiger partial charge is 0.494 e.